The van der Waals surface area contributed by atoms with Crippen LogP contribution in [0.15, 0.2) is 60.8 Å². The number of ether oxygens (including phenoxy) is 1. The predicted octanol–water partition coefficient (Wildman–Crippen LogP) is 2.69. The van der Waals surface area contributed by atoms with E-state index in [1.807, 2.05) is 36.4 Å². The molecule has 0 fully saturated rings. The molecule has 4 nitrogen and oxygen atoms in total. The summed E-state index contributed by atoms with van der Waals surface area (Å²) in [5.41, 5.74) is 2.05. The smallest absolute Gasteiger partial charge is 0.130 e. The molecule has 0 aliphatic heterocycles. The summed E-state index contributed by atoms with van der Waals surface area (Å²) in [6.45, 7) is 1.43. The van der Waals surface area contributed by atoms with E-state index in [4.69, 9.17) is 4.74 Å². The van der Waals surface area contributed by atoms with Gasteiger partial charge in [-0.05, 0) is 24.6 Å². The third-order valence-corrected chi connectivity index (χ3v) is 4.04. The Bertz CT molecular complexity index is 643. The second-order valence-electron chi connectivity index (χ2n) is 5.77. The van der Waals surface area contributed by atoms with Gasteiger partial charge in [-0.2, -0.15) is 0 Å². The predicted molar refractivity (Wildman–Crippen MR) is 90.0 cm³/mol. The summed E-state index contributed by atoms with van der Waals surface area (Å²) in [5, 5.41) is 12.7. The molecule has 0 unspecified atom stereocenters. The summed E-state index contributed by atoms with van der Waals surface area (Å²) >= 11 is 0. The van der Waals surface area contributed by atoms with E-state index in [0.717, 1.165) is 30.0 Å². The van der Waals surface area contributed by atoms with Crippen molar-refractivity contribution in [1.29, 1.82) is 0 Å². The highest BCUT2D eigenvalue weighted by Crippen LogP contribution is 2.21. The zero-order valence-electron chi connectivity index (χ0n) is 13.1. The Kier molecular flexibility index (Phi) is 5.40. The summed E-state index contributed by atoms with van der Waals surface area (Å²) in [6.07, 6.45) is 6.95. The molecule has 1 heterocycles. The fourth-order valence-electron chi connectivity index (χ4n) is 2.73. The van der Waals surface area contributed by atoms with Crippen LogP contribution in [0.4, 0.5) is 0 Å². The van der Waals surface area contributed by atoms with E-state index in [2.05, 4.69) is 28.5 Å². The number of benzene rings is 1. The minimum absolute atomic E-state index is 0.221. The molecule has 1 aromatic carbocycles. The van der Waals surface area contributed by atoms with Crippen LogP contribution in [0.1, 0.15) is 17.7 Å². The largest absolute Gasteiger partial charge is 0.487 e. The second-order valence-corrected chi connectivity index (χ2v) is 5.77. The van der Waals surface area contributed by atoms with Crippen molar-refractivity contribution in [2.45, 2.75) is 25.6 Å². The Morgan fingerprint density at radius 2 is 2.00 bits per heavy atom. The molecule has 1 aromatic heterocycles. The van der Waals surface area contributed by atoms with Crippen molar-refractivity contribution in [2.75, 3.05) is 6.61 Å². The number of para-hydroxylation sites is 1. The maximum atomic E-state index is 9.19. The number of aliphatic hydroxyl groups excluding tert-OH is 1. The lowest BCUT2D eigenvalue weighted by atomic mass is 10.1. The van der Waals surface area contributed by atoms with Crippen LogP contribution < -0.4 is 10.1 Å². The summed E-state index contributed by atoms with van der Waals surface area (Å²) in [4.78, 5) is 4.28. The molecule has 2 aromatic rings. The molecule has 0 radical (unpaired) electrons. The normalized spacial score (nSPS) is 19.9. The Morgan fingerprint density at radius 1 is 1.13 bits per heavy atom. The molecular weight excluding hydrogens is 288 g/mol. The first-order chi connectivity index (χ1) is 11.3. The Morgan fingerprint density at radius 3 is 2.78 bits per heavy atom. The van der Waals surface area contributed by atoms with Crippen molar-refractivity contribution in [1.82, 2.24) is 10.3 Å². The summed E-state index contributed by atoms with van der Waals surface area (Å²) in [7, 11) is 0. The SMILES string of the molecule is OC[C@H]1C=C[C@@H](NCc2ccccc2OCc2ccccn2)C1. The number of aromatic nitrogens is 1. The number of rotatable bonds is 7. The minimum atomic E-state index is 0.221. The van der Waals surface area contributed by atoms with Gasteiger partial charge in [-0.3, -0.25) is 4.98 Å². The molecule has 1 aliphatic carbocycles. The topological polar surface area (TPSA) is 54.4 Å². The average molecular weight is 310 g/mol. The van der Waals surface area contributed by atoms with E-state index in [9.17, 15) is 5.11 Å². The van der Waals surface area contributed by atoms with Crippen molar-refractivity contribution in [3.8, 4) is 5.75 Å². The highest BCUT2D eigenvalue weighted by molar-refractivity contribution is 5.33. The van der Waals surface area contributed by atoms with Crippen molar-refractivity contribution in [2.24, 2.45) is 5.92 Å². The lowest BCUT2D eigenvalue weighted by Crippen LogP contribution is -2.26. The minimum Gasteiger partial charge on any atom is -0.487 e. The van der Waals surface area contributed by atoms with Gasteiger partial charge in [0.25, 0.3) is 0 Å². The van der Waals surface area contributed by atoms with Crippen molar-refractivity contribution >= 4 is 0 Å². The van der Waals surface area contributed by atoms with Gasteiger partial charge in [-0.25, -0.2) is 0 Å². The van der Waals surface area contributed by atoms with E-state index in [0.29, 0.717) is 12.6 Å². The first kappa shape index (κ1) is 15.7. The Hall–Kier alpha value is -2.17. The number of hydrogen-bond acceptors (Lipinski definition) is 4. The second kappa shape index (κ2) is 7.90. The monoisotopic (exact) mass is 310 g/mol. The zero-order valence-corrected chi connectivity index (χ0v) is 13.1. The molecule has 4 heteroatoms. The van der Waals surface area contributed by atoms with Gasteiger partial charge >= 0.3 is 0 Å². The van der Waals surface area contributed by atoms with E-state index in [1.54, 1.807) is 6.20 Å². The Balaban J connectivity index is 1.56. The fourth-order valence-corrected chi connectivity index (χ4v) is 2.73. The fraction of sp³-hybridized carbons (Fsp3) is 0.316. The number of hydrogen-bond donors (Lipinski definition) is 2. The third kappa shape index (κ3) is 4.41. The lowest BCUT2D eigenvalue weighted by molar-refractivity contribution is 0.246. The van der Waals surface area contributed by atoms with Crippen LogP contribution in [0.5, 0.6) is 5.75 Å². The lowest BCUT2D eigenvalue weighted by Gasteiger charge is -2.15. The molecule has 0 amide bonds. The molecule has 1 aliphatic rings. The molecular formula is C19H22N2O2. The third-order valence-electron chi connectivity index (χ3n) is 4.04. The average Bonchev–Trinajstić information content (AvgIpc) is 3.08. The van der Waals surface area contributed by atoms with Gasteiger partial charge in [-0.1, -0.05) is 36.4 Å². The standard InChI is InChI=1S/C19H22N2O2/c22-13-15-8-9-17(11-15)21-12-16-5-1-2-7-19(16)23-14-18-6-3-4-10-20-18/h1-10,15,17,21-22H,11-14H2/t15-,17+/m0/s1. The highest BCUT2D eigenvalue weighted by Gasteiger charge is 2.17. The highest BCUT2D eigenvalue weighted by atomic mass is 16.5. The van der Waals surface area contributed by atoms with Crippen LogP contribution in [0, 0.1) is 5.92 Å². The van der Waals surface area contributed by atoms with Gasteiger partial charge in [0.1, 0.15) is 12.4 Å². The van der Waals surface area contributed by atoms with Crippen molar-refractivity contribution < 1.29 is 9.84 Å². The van der Waals surface area contributed by atoms with Crippen LogP contribution in [-0.2, 0) is 13.2 Å². The van der Waals surface area contributed by atoms with Crippen molar-refractivity contribution in [3.05, 3.63) is 72.1 Å². The Labute approximate surface area is 136 Å². The number of aliphatic hydroxyl groups is 1. The molecule has 23 heavy (non-hydrogen) atoms. The van der Waals surface area contributed by atoms with Gasteiger partial charge in [0.05, 0.1) is 5.69 Å². The molecule has 2 N–H and O–H groups in total. The summed E-state index contributed by atoms with van der Waals surface area (Å²) in [6, 6.07) is 14.2. The van der Waals surface area contributed by atoms with Crippen LogP contribution in [0.3, 0.4) is 0 Å². The maximum Gasteiger partial charge on any atom is 0.130 e. The van der Waals surface area contributed by atoms with E-state index in [-0.39, 0.29) is 12.5 Å². The number of pyridine rings is 1. The molecule has 0 saturated heterocycles. The van der Waals surface area contributed by atoms with Crippen LogP contribution in [0.25, 0.3) is 0 Å². The maximum absolute atomic E-state index is 9.19. The van der Waals surface area contributed by atoms with Gasteiger partial charge in [-0.15, -0.1) is 0 Å². The summed E-state index contributed by atoms with van der Waals surface area (Å²) in [5.74, 6) is 1.16. The molecule has 120 valence electrons. The van der Waals surface area contributed by atoms with E-state index < -0.39 is 0 Å². The van der Waals surface area contributed by atoms with Gasteiger partial charge in [0.2, 0.25) is 0 Å². The molecule has 3 rings (SSSR count). The molecule has 0 saturated carbocycles. The van der Waals surface area contributed by atoms with Gasteiger partial charge in [0.15, 0.2) is 0 Å². The molecule has 0 bridgehead atoms. The zero-order chi connectivity index (χ0) is 15.9. The van der Waals surface area contributed by atoms with Crippen LogP contribution >= 0.6 is 0 Å². The van der Waals surface area contributed by atoms with Gasteiger partial charge in [0, 0.05) is 36.9 Å². The first-order valence-corrected chi connectivity index (χ1v) is 7.98. The summed E-state index contributed by atoms with van der Waals surface area (Å²) < 4.78 is 5.92. The van der Waals surface area contributed by atoms with Crippen LogP contribution in [0.2, 0.25) is 0 Å². The molecule has 0 spiro atoms. The molecule has 2 atom stereocenters. The number of nitrogens with one attached hydrogen (secondary N) is 1. The van der Waals surface area contributed by atoms with E-state index >= 15 is 0 Å². The van der Waals surface area contributed by atoms with Crippen LogP contribution in [-0.4, -0.2) is 22.7 Å². The van der Waals surface area contributed by atoms with Gasteiger partial charge < -0.3 is 15.2 Å². The van der Waals surface area contributed by atoms with Crippen molar-refractivity contribution in [3.63, 3.8) is 0 Å². The first-order valence-electron chi connectivity index (χ1n) is 7.98. The number of nitrogens with zero attached hydrogens (tertiary/aromatic N) is 1. The quantitative estimate of drug-likeness (QED) is 0.772. The van der Waals surface area contributed by atoms with E-state index in [1.165, 1.54) is 0 Å².